The predicted molar refractivity (Wildman–Crippen MR) is 62.7 cm³/mol. The lowest BCUT2D eigenvalue weighted by molar-refractivity contribution is 0.626. The van der Waals surface area contributed by atoms with Crippen LogP contribution in [0.25, 0.3) is 0 Å². The van der Waals surface area contributed by atoms with Gasteiger partial charge in [0.2, 0.25) is 0 Å². The van der Waals surface area contributed by atoms with Gasteiger partial charge in [-0.3, -0.25) is 4.98 Å². The topological polar surface area (TPSA) is 38.9 Å². The highest BCUT2D eigenvalue weighted by atomic mass is 32.2. The van der Waals surface area contributed by atoms with Crippen LogP contribution in [0, 0.1) is 5.82 Å². The van der Waals surface area contributed by atoms with Crippen LogP contribution in [0.2, 0.25) is 0 Å². The number of aromatic nitrogens is 1. The van der Waals surface area contributed by atoms with Gasteiger partial charge in [0.25, 0.3) is 0 Å². The first-order chi connectivity index (χ1) is 7.78. The molecule has 0 amide bonds. The molecule has 2 nitrogen and oxygen atoms in total. The molecule has 2 aromatic rings. The molecule has 1 aromatic carbocycles. The normalized spacial score (nSPS) is 10.4. The van der Waals surface area contributed by atoms with E-state index >= 15 is 0 Å². The molecule has 0 aliphatic rings. The van der Waals surface area contributed by atoms with E-state index in [1.165, 1.54) is 12.1 Å². The zero-order chi connectivity index (χ0) is 11.4. The van der Waals surface area contributed by atoms with Crippen LogP contribution in [0.4, 0.5) is 4.39 Å². The molecule has 0 aliphatic carbocycles. The third-order valence-corrected chi connectivity index (χ3v) is 3.04. The van der Waals surface area contributed by atoms with E-state index in [9.17, 15) is 4.39 Å². The van der Waals surface area contributed by atoms with Crippen molar-refractivity contribution in [2.24, 2.45) is 5.73 Å². The van der Waals surface area contributed by atoms with Gasteiger partial charge >= 0.3 is 0 Å². The van der Waals surface area contributed by atoms with E-state index < -0.39 is 0 Å². The molecule has 0 radical (unpaired) electrons. The highest BCUT2D eigenvalue weighted by molar-refractivity contribution is 7.99. The van der Waals surface area contributed by atoms with Crippen molar-refractivity contribution >= 4 is 11.8 Å². The zero-order valence-electron chi connectivity index (χ0n) is 8.56. The van der Waals surface area contributed by atoms with E-state index in [0.29, 0.717) is 6.54 Å². The molecule has 0 bridgehead atoms. The SMILES string of the molecule is NCc1cc(Sc2ccc(F)cc2)ccn1. The quantitative estimate of drug-likeness (QED) is 0.887. The lowest BCUT2D eigenvalue weighted by Gasteiger charge is -2.02. The van der Waals surface area contributed by atoms with Crippen molar-refractivity contribution in [3.05, 3.63) is 54.1 Å². The number of nitrogens with zero attached hydrogens (tertiary/aromatic N) is 1. The Morgan fingerprint density at radius 1 is 1.12 bits per heavy atom. The maximum atomic E-state index is 12.7. The Morgan fingerprint density at radius 2 is 1.88 bits per heavy atom. The van der Waals surface area contributed by atoms with Gasteiger partial charge in [-0.1, -0.05) is 11.8 Å². The van der Waals surface area contributed by atoms with Crippen molar-refractivity contribution < 1.29 is 4.39 Å². The summed E-state index contributed by atoms with van der Waals surface area (Å²) in [6.07, 6.45) is 1.73. The number of rotatable bonds is 3. The maximum absolute atomic E-state index is 12.7. The summed E-state index contributed by atoms with van der Waals surface area (Å²) in [4.78, 5) is 6.17. The summed E-state index contributed by atoms with van der Waals surface area (Å²) in [5.74, 6) is -0.221. The fraction of sp³-hybridized carbons (Fsp3) is 0.0833. The van der Waals surface area contributed by atoms with E-state index in [4.69, 9.17) is 5.73 Å². The molecule has 16 heavy (non-hydrogen) atoms. The van der Waals surface area contributed by atoms with Crippen molar-refractivity contribution in [3.63, 3.8) is 0 Å². The van der Waals surface area contributed by atoms with E-state index in [0.717, 1.165) is 15.5 Å². The molecule has 4 heteroatoms. The highest BCUT2D eigenvalue weighted by Gasteiger charge is 1.99. The molecule has 2 N–H and O–H groups in total. The molecule has 1 heterocycles. The monoisotopic (exact) mass is 234 g/mol. The number of benzene rings is 1. The molecule has 0 spiro atoms. The van der Waals surface area contributed by atoms with Crippen LogP contribution in [0.5, 0.6) is 0 Å². The average Bonchev–Trinajstić information content (AvgIpc) is 2.32. The van der Waals surface area contributed by atoms with Crippen LogP contribution in [0.1, 0.15) is 5.69 Å². The largest absolute Gasteiger partial charge is 0.325 e. The molecule has 82 valence electrons. The Bertz CT molecular complexity index is 471. The van der Waals surface area contributed by atoms with Gasteiger partial charge in [-0.15, -0.1) is 0 Å². The summed E-state index contributed by atoms with van der Waals surface area (Å²) in [6.45, 7) is 0.428. The number of hydrogen-bond donors (Lipinski definition) is 1. The predicted octanol–water partition coefficient (Wildman–Crippen LogP) is 2.83. The summed E-state index contributed by atoms with van der Waals surface area (Å²) in [7, 11) is 0. The van der Waals surface area contributed by atoms with Crippen LogP contribution in [-0.4, -0.2) is 4.98 Å². The fourth-order valence-corrected chi connectivity index (χ4v) is 2.14. The summed E-state index contributed by atoms with van der Waals surface area (Å²) in [6, 6.07) is 10.3. The zero-order valence-corrected chi connectivity index (χ0v) is 9.38. The van der Waals surface area contributed by atoms with E-state index in [1.54, 1.807) is 30.1 Å². The van der Waals surface area contributed by atoms with Crippen LogP contribution in [0.3, 0.4) is 0 Å². The van der Waals surface area contributed by atoms with Gasteiger partial charge in [-0.2, -0.15) is 0 Å². The lowest BCUT2D eigenvalue weighted by atomic mass is 10.3. The minimum Gasteiger partial charge on any atom is -0.325 e. The molecule has 0 aliphatic heterocycles. The van der Waals surface area contributed by atoms with Crippen LogP contribution >= 0.6 is 11.8 Å². The van der Waals surface area contributed by atoms with Crippen LogP contribution in [-0.2, 0) is 6.54 Å². The maximum Gasteiger partial charge on any atom is 0.123 e. The number of halogens is 1. The number of hydrogen-bond acceptors (Lipinski definition) is 3. The molecule has 1 aromatic heterocycles. The van der Waals surface area contributed by atoms with Gasteiger partial charge in [0.05, 0.1) is 5.69 Å². The second kappa shape index (κ2) is 5.09. The summed E-state index contributed by atoms with van der Waals surface area (Å²) in [5.41, 5.74) is 6.36. The Hall–Kier alpha value is -1.39. The van der Waals surface area contributed by atoms with Crippen molar-refractivity contribution in [1.29, 1.82) is 0 Å². The van der Waals surface area contributed by atoms with Crippen molar-refractivity contribution in [1.82, 2.24) is 4.98 Å². The van der Waals surface area contributed by atoms with E-state index in [-0.39, 0.29) is 5.82 Å². The molecule has 0 unspecified atom stereocenters. The Balaban J connectivity index is 2.16. The standard InChI is InChI=1S/C12H11FN2S/c13-9-1-3-11(4-2-9)16-12-5-6-15-10(7-12)8-14/h1-7H,8,14H2. The summed E-state index contributed by atoms with van der Waals surface area (Å²) < 4.78 is 12.7. The molecule has 0 saturated heterocycles. The first-order valence-corrected chi connectivity index (χ1v) is 5.68. The first kappa shape index (κ1) is 11.1. The van der Waals surface area contributed by atoms with Gasteiger partial charge in [-0.05, 0) is 36.4 Å². The highest BCUT2D eigenvalue weighted by Crippen LogP contribution is 2.27. The van der Waals surface area contributed by atoms with Gasteiger partial charge in [0.1, 0.15) is 5.82 Å². The minimum atomic E-state index is -0.221. The Morgan fingerprint density at radius 3 is 2.56 bits per heavy atom. The van der Waals surface area contributed by atoms with Gasteiger partial charge in [0, 0.05) is 22.5 Å². The third kappa shape index (κ3) is 2.81. The van der Waals surface area contributed by atoms with Gasteiger partial charge < -0.3 is 5.73 Å². The third-order valence-electron chi connectivity index (χ3n) is 2.05. The first-order valence-electron chi connectivity index (χ1n) is 4.86. The Kier molecular flexibility index (Phi) is 3.54. The number of pyridine rings is 1. The van der Waals surface area contributed by atoms with Crippen LogP contribution in [0.15, 0.2) is 52.4 Å². The number of nitrogens with two attached hydrogens (primary N) is 1. The van der Waals surface area contributed by atoms with Gasteiger partial charge in [0.15, 0.2) is 0 Å². The minimum absolute atomic E-state index is 0.221. The molecular formula is C12H11FN2S. The summed E-state index contributed by atoms with van der Waals surface area (Å²) in [5, 5.41) is 0. The Labute approximate surface area is 97.7 Å². The smallest absolute Gasteiger partial charge is 0.123 e. The van der Waals surface area contributed by atoms with E-state index in [1.807, 2.05) is 12.1 Å². The fourth-order valence-electron chi connectivity index (χ4n) is 1.27. The second-order valence-corrected chi connectivity index (χ2v) is 4.39. The van der Waals surface area contributed by atoms with Crippen molar-refractivity contribution in [3.8, 4) is 0 Å². The van der Waals surface area contributed by atoms with E-state index in [2.05, 4.69) is 4.98 Å². The molecule has 0 fully saturated rings. The van der Waals surface area contributed by atoms with Crippen molar-refractivity contribution in [2.45, 2.75) is 16.3 Å². The average molecular weight is 234 g/mol. The molecule has 0 saturated carbocycles. The van der Waals surface area contributed by atoms with Crippen LogP contribution < -0.4 is 5.73 Å². The molecule has 0 atom stereocenters. The molecular weight excluding hydrogens is 223 g/mol. The van der Waals surface area contributed by atoms with Gasteiger partial charge in [-0.25, -0.2) is 4.39 Å². The lowest BCUT2D eigenvalue weighted by Crippen LogP contribution is -1.98. The second-order valence-electron chi connectivity index (χ2n) is 3.24. The summed E-state index contributed by atoms with van der Waals surface area (Å²) >= 11 is 1.56. The van der Waals surface area contributed by atoms with Crippen molar-refractivity contribution in [2.75, 3.05) is 0 Å². The molecule has 2 rings (SSSR count).